The Morgan fingerprint density at radius 2 is 2.21 bits per heavy atom. The van der Waals surface area contributed by atoms with E-state index in [0.29, 0.717) is 11.6 Å². The normalized spacial score (nSPS) is 28.6. The summed E-state index contributed by atoms with van der Waals surface area (Å²) in [5, 5.41) is 14.3. The van der Waals surface area contributed by atoms with Gasteiger partial charge in [0.15, 0.2) is 0 Å². The predicted molar refractivity (Wildman–Crippen MR) is 78.2 cm³/mol. The number of nitro benzene ring substituents is 1. The van der Waals surface area contributed by atoms with Gasteiger partial charge in [0, 0.05) is 17.1 Å². The van der Waals surface area contributed by atoms with Crippen LogP contribution < -0.4 is 5.32 Å². The molecule has 0 spiro atoms. The van der Waals surface area contributed by atoms with Gasteiger partial charge in [0.2, 0.25) is 0 Å². The molecule has 3 unspecified atom stereocenters. The van der Waals surface area contributed by atoms with E-state index in [1.165, 1.54) is 25.7 Å². The highest BCUT2D eigenvalue weighted by Gasteiger charge is 2.39. The first-order valence-electron chi connectivity index (χ1n) is 6.81. The summed E-state index contributed by atoms with van der Waals surface area (Å²) >= 11 is 3.28. The van der Waals surface area contributed by atoms with Gasteiger partial charge < -0.3 is 5.32 Å². The molecule has 2 fully saturated rings. The lowest BCUT2D eigenvalue weighted by Crippen LogP contribution is -2.20. The Bertz CT molecular complexity index is 506. The number of nitrogens with zero attached hydrogens (tertiary/aromatic N) is 1. The van der Waals surface area contributed by atoms with Crippen molar-refractivity contribution >= 4 is 27.3 Å². The molecule has 2 aliphatic rings. The minimum Gasteiger partial charge on any atom is -0.379 e. The molecule has 4 nitrogen and oxygen atoms in total. The Kier molecular flexibility index (Phi) is 3.48. The first-order valence-corrected chi connectivity index (χ1v) is 7.60. The standard InChI is InChI=1S/C14H17BrN2O2/c15-12-3-4-13(14(7-12)17(18)19)16-8-11-6-9-1-2-10(11)5-9/h3-4,7,9-11,16H,1-2,5-6,8H2. The summed E-state index contributed by atoms with van der Waals surface area (Å²) in [4.78, 5) is 10.7. The van der Waals surface area contributed by atoms with Crippen LogP contribution in [0.4, 0.5) is 11.4 Å². The fourth-order valence-corrected chi connectivity index (χ4v) is 4.02. The first-order chi connectivity index (χ1) is 9.13. The Balaban J connectivity index is 1.68. The molecule has 0 radical (unpaired) electrons. The number of nitrogens with one attached hydrogen (secondary N) is 1. The van der Waals surface area contributed by atoms with Gasteiger partial charge in [-0.1, -0.05) is 22.4 Å². The van der Waals surface area contributed by atoms with Gasteiger partial charge in [-0.05, 0) is 49.1 Å². The Morgan fingerprint density at radius 3 is 2.84 bits per heavy atom. The third kappa shape index (κ3) is 2.61. The summed E-state index contributed by atoms with van der Waals surface area (Å²) in [6.45, 7) is 0.865. The van der Waals surface area contributed by atoms with E-state index >= 15 is 0 Å². The maximum atomic E-state index is 11.0. The van der Waals surface area contributed by atoms with Crippen molar-refractivity contribution in [1.82, 2.24) is 0 Å². The SMILES string of the molecule is O=[N+]([O-])c1cc(Br)ccc1NCC1CC2CCC1C2. The molecule has 3 atom stereocenters. The molecular weight excluding hydrogens is 308 g/mol. The van der Waals surface area contributed by atoms with Gasteiger partial charge in [0.1, 0.15) is 5.69 Å². The second-order valence-corrected chi connectivity index (χ2v) is 6.65. The van der Waals surface area contributed by atoms with Gasteiger partial charge in [-0.2, -0.15) is 0 Å². The van der Waals surface area contributed by atoms with Crippen LogP contribution in [0.15, 0.2) is 22.7 Å². The molecule has 5 heteroatoms. The zero-order valence-corrected chi connectivity index (χ0v) is 12.2. The van der Waals surface area contributed by atoms with Crippen molar-refractivity contribution in [3.05, 3.63) is 32.8 Å². The quantitative estimate of drug-likeness (QED) is 0.666. The summed E-state index contributed by atoms with van der Waals surface area (Å²) in [5.74, 6) is 2.45. The largest absolute Gasteiger partial charge is 0.379 e. The van der Waals surface area contributed by atoms with E-state index in [9.17, 15) is 10.1 Å². The average Bonchev–Trinajstić information content (AvgIpc) is 2.99. The highest BCUT2D eigenvalue weighted by atomic mass is 79.9. The van der Waals surface area contributed by atoms with Gasteiger partial charge in [0.05, 0.1) is 4.92 Å². The fraction of sp³-hybridized carbons (Fsp3) is 0.571. The lowest BCUT2D eigenvalue weighted by Gasteiger charge is -2.22. The highest BCUT2D eigenvalue weighted by molar-refractivity contribution is 9.10. The van der Waals surface area contributed by atoms with Crippen molar-refractivity contribution in [2.45, 2.75) is 25.7 Å². The molecule has 0 amide bonds. The van der Waals surface area contributed by atoms with Crippen LogP contribution in [0.5, 0.6) is 0 Å². The molecular formula is C14H17BrN2O2. The molecule has 0 aromatic heterocycles. The van der Waals surface area contributed by atoms with Crippen LogP contribution >= 0.6 is 15.9 Å². The van der Waals surface area contributed by atoms with Crippen molar-refractivity contribution in [3.63, 3.8) is 0 Å². The van der Waals surface area contributed by atoms with Crippen molar-refractivity contribution in [3.8, 4) is 0 Å². The number of hydrogen-bond acceptors (Lipinski definition) is 3. The van der Waals surface area contributed by atoms with Crippen molar-refractivity contribution < 1.29 is 4.92 Å². The maximum Gasteiger partial charge on any atom is 0.293 e. The van der Waals surface area contributed by atoms with E-state index in [0.717, 1.165) is 22.9 Å². The lowest BCUT2D eigenvalue weighted by atomic mass is 9.89. The number of rotatable bonds is 4. The first kappa shape index (κ1) is 12.9. The Hall–Kier alpha value is -1.10. The van der Waals surface area contributed by atoms with Crippen LogP contribution in [0.3, 0.4) is 0 Å². The van der Waals surface area contributed by atoms with E-state index in [1.54, 1.807) is 12.1 Å². The molecule has 0 heterocycles. The third-order valence-corrected chi connectivity index (χ3v) is 5.09. The average molecular weight is 325 g/mol. The van der Waals surface area contributed by atoms with Crippen LogP contribution in [0.25, 0.3) is 0 Å². The van der Waals surface area contributed by atoms with Crippen LogP contribution in [0.2, 0.25) is 0 Å². The van der Waals surface area contributed by atoms with E-state index in [4.69, 9.17) is 0 Å². The molecule has 1 aromatic carbocycles. The maximum absolute atomic E-state index is 11.0. The highest BCUT2D eigenvalue weighted by Crippen LogP contribution is 2.48. The summed E-state index contributed by atoms with van der Waals surface area (Å²) < 4.78 is 0.740. The lowest BCUT2D eigenvalue weighted by molar-refractivity contribution is -0.384. The van der Waals surface area contributed by atoms with Crippen LogP contribution in [0.1, 0.15) is 25.7 Å². The number of halogens is 1. The molecule has 0 saturated heterocycles. The Morgan fingerprint density at radius 1 is 1.37 bits per heavy atom. The van der Waals surface area contributed by atoms with Gasteiger partial charge in [-0.15, -0.1) is 0 Å². The third-order valence-electron chi connectivity index (χ3n) is 4.60. The van der Waals surface area contributed by atoms with Gasteiger partial charge >= 0.3 is 0 Å². The van der Waals surface area contributed by atoms with Crippen molar-refractivity contribution in [1.29, 1.82) is 0 Å². The zero-order chi connectivity index (χ0) is 13.4. The molecule has 0 aliphatic heterocycles. The molecule has 1 N–H and O–H groups in total. The minimum absolute atomic E-state index is 0.150. The molecule has 102 valence electrons. The van der Waals surface area contributed by atoms with E-state index < -0.39 is 0 Å². The molecule has 2 bridgehead atoms. The zero-order valence-electron chi connectivity index (χ0n) is 10.6. The molecule has 1 aromatic rings. The van der Waals surface area contributed by atoms with E-state index in [-0.39, 0.29) is 10.6 Å². The van der Waals surface area contributed by atoms with Gasteiger partial charge in [-0.25, -0.2) is 0 Å². The van der Waals surface area contributed by atoms with E-state index in [1.807, 2.05) is 6.07 Å². The minimum atomic E-state index is -0.326. The van der Waals surface area contributed by atoms with Crippen LogP contribution in [0, 0.1) is 27.9 Å². The second kappa shape index (κ2) is 5.12. The smallest absolute Gasteiger partial charge is 0.293 e. The van der Waals surface area contributed by atoms with Crippen LogP contribution in [-0.2, 0) is 0 Å². The van der Waals surface area contributed by atoms with Gasteiger partial charge in [0.25, 0.3) is 5.69 Å². The molecule has 3 rings (SSSR count). The summed E-state index contributed by atoms with van der Waals surface area (Å²) in [6.07, 6.45) is 5.40. The second-order valence-electron chi connectivity index (χ2n) is 5.73. The van der Waals surface area contributed by atoms with Crippen molar-refractivity contribution in [2.75, 3.05) is 11.9 Å². The number of hydrogen-bond donors (Lipinski definition) is 1. The number of nitro groups is 1. The summed E-state index contributed by atoms with van der Waals surface area (Å²) in [5.41, 5.74) is 0.786. The number of anilines is 1. The predicted octanol–water partition coefficient (Wildman–Crippen LogP) is 4.21. The van der Waals surface area contributed by atoms with Gasteiger partial charge in [-0.3, -0.25) is 10.1 Å². The number of benzene rings is 1. The summed E-state index contributed by atoms with van der Waals surface area (Å²) in [7, 11) is 0. The fourth-order valence-electron chi connectivity index (χ4n) is 3.67. The number of fused-ring (bicyclic) bond motifs is 2. The monoisotopic (exact) mass is 324 g/mol. The molecule has 2 aliphatic carbocycles. The molecule has 19 heavy (non-hydrogen) atoms. The molecule has 2 saturated carbocycles. The topological polar surface area (TPSA) is 55.2 Å². The van der Waals surface area contributed by atoms with Crippen molar-refractivity contribution in [2.24, 2.45) is 17.8 Å². The summed E-state index contributed by atoms with van der Waals surface area (Å²) in [6, 6.07) is 5.19. The Labute approximate surface area is 120 Å². The van der Waals surface area contributed by atoms with Crippen LogP contribution in [-0.4, -0.2) is 11.5 Å². The van der Waals surface area contributed by atoms with E-state index in [2.05, 4.69) is 21.2 Å².